The molecule has 0 bridgehead atoms. The van der Waals surface area contributed by atoms with Crippen LogP contribution in [0, 0.1) is 11.8 Å². The molecule has 0 aliphatic carbocycles. The van der Waals surface area contributed by atoms with Gasteiger partial charge in [-0.05, 0) is 23.6 Å². The van der Waals surface area contributed by atoms with Crippen molar-refractivity contribution in [2.24, 2.45) is 5.11 Å². The Kier molecular flexibility index (Phi) is 6.63. The van der Waals surface area contributed by atoms with E-state index in [1.807, 2.05) is 24.3 Å². The predicted molar refractivity (Wildman–Crippen MR) is 72.3 cm³/mol. The van der Waals surface area contributed by atoms with Crippen LogP contribution in [0.4, 0.5) is 0 Å². The van der Waals surface area contributed by atoms with E-state index >= 15 is 0 Å². The Balaban J connectivity index is 2.66. The molecule has 0 aromatic heterocycles. The molecule has 0 spiro atoms. The van der Waals surface area contributed by atoms with Crippen LogP contribution in [0.5, 0.6) is 0 Å². The van der Waals surface area contributed by atoms with Gasteiger partial charge >= 0.3 is 5.97 Å². The van der Waals surface area contributed by atoms with E-state index in [1.165, 1.54) is 7.11 Å². The van der Waals surface area contributed by atoms with Gasteiger partial charge in [-0.1, -0.05) is 35.2 Å². The molecule has 0 saturated heterocycles. The number of ether oxygens (including phenoxy) is 1. The predicted octanol–water partition coefficient (Wildman–Crippen LogP) is 2.84. The summed E-state index contributed by atoms with van der Waals surface area (Å²) in [6, 6.07) is 7.67. The monoisotopic (exact) mass is 257 g/mol. The quantitative estimate of drug-likeness (QED) is 0.203. The number of carbonyl (C=O) groups is 1. The fourth-order valence-corrected chi connectivity index (χ4v) is 1.51. The Morgan fingerprint density at radius 1 is 1.47 bits per heavy atom. The van der Waals surface area contributed by atoms with Gasteiger partial charge in [0.1, 0.15) is 0 Å². The number of azide groups is 1. The third-order valence-corrected chi connectivity index (χ3v) is 2.47. The van der Waals surface area contributed by atoms with E-state index < -0.39 is 0 Å². The molecular formula is C14H15N3O2. The average Bonchev–Trinajstić information content (AvgIpc) is 2.45. The first-order chi connectivity index (χ1) is 9.27. The summed E-state index contributed by atoms with van der Waals surface area (Å²) >= 11 is 0. The molecule has 0 amide bonds. The Bertz CT molecular complexity index is 537. The van der Waals surface area contributed by atoms with Crippen LogP contribution in [0.15, 0.2) is 29.4 Å². The van der Waals surface area contributed by atoms with Crippen molar-refractivity contribution >= 4 is 5.97 Å². The van der Waals surface area contributed by atoms with Crippen LogP contribution in [0.1, 0.15) is 24.0 Å². The zero-order valence-corrected chi connectivity index (χ0v) is 10.8. The molecule has 5 heteroatoms. The molecule has 1 aromatic carbocycles. The van der Waals surface area contributed by atoms with Crippen molar-refractivity contribution in [1.29, 1.82) is 0 Å². The lowest BCUT2D eigenvalue weighted by atomic mass is 10.0. The Hall–Kier alpha value is -2.44. The minimum Gasteiger partial charge on any atom is -0.469 e. The Morgan fingerprint density at radius 3 is 3.00 bits per heavy atom. The van der Waals surface area contributed by atoms with Gasteiger partial charge in [-0.2, -0.15) is 0 Å². The maximum Gasteiger partial charge on any atom is 0.305 e. The van der Waals surface area contributed by atoms with Crippen LogP contribution in [0.3, 0.4) is 0 Å². The fraction of sp³-hybridized carbons (Fsp3) is 0.357. The molecule has 0 aliphatic heterocycles. The van der Waals surface area contributed by atoms with Crippen LogP contribution in [-0.4, -0.2) is 19.6 Å². The molecule has 0 radical (unpaired) electrons. The average molecular weight is 257 g/mol. The van der Waals surface area contributed by atoms with Gasteiger partial charge in [0.2, 0.25) is 0 Å². The smallest absolute Gasteiger partial charge is 0.305 e. The lowest BCUT2D eigenvalue weighted by Crippen LogP contribution is -2.02. The second-order valence-electron chi connectivity index (χ2n) is 3.74. The van der Waals surface area contributed by atoms with E-state index in [1.54, 1.807) is 0 Å². The van der Waals surface area contributed by atoms with Crippen LogP contribution in [-0.2, 0) is 16.0 Å². The summed E-state index contributed by atoms with van der Waals surface area (Å²) in [5.41, 5.74) is 10.1. The minimum absolute atomic E-state index is 0.230. The summed E-state index contributed by atoms with van der Waals surface area (Å²) in [7, 11) is 1.38. The van der Waals surface area contributed by atoms with Crippen molar-refractivity contribution in [1.82, 2.24) is 0 Å². The second kappa shape index (κ2) is 8.62. The number of rotatable bonds is 5. The van der Waals surface area contributed by atoms with Crippen molar-refractivity contribution in [2.75, 3.05) is 13.7 Å². The third kappa shape index (κ3) is 5.62. The molecule has 5 nitrogen and oxygen atoms in total. The third-order valence-electron chi connectivity index (χ3n) is 2.47. The molecule has 0 heterocycles. The molecule has 0 N–H and O–H groups in total. The molecular weight excluding hydrogens is 242 g/mol. The zero-order chi connectivity index (χ0) is 13.9. The standard InChI is InChI=1S/C14H15N3O2/c1-19-14(18)10-9-13-7-3-2-6-12(13)8-4-5-11-16-17-15/h2-3,6-7H,5,9-11H2,1H3. The summed E-state index contributed by atoms with van der Waals surface area (Å²) in [6.45, 7) is 0.369. The van der Waals surface area contributed by atoms with Gasteiger partial charge in [0.15, 0.2) is 0 Å². The van der Waals surface area contributed by atoms with Crippen molar-refractivity contribution in [2.45, 2.75) is 19.3 Å². The van der Waals surface area contributed by atoms with Gasteiger partial charge in [0.25, 0.3) is 0 Å². The fourth-order valence-electron chi connectivity index (χ4n) is 1.51. The highest BCUT2D eigenvalue weighted by molar-refractivity contribution is 5.69. The maximum atomic E-state index is 11.1. The van der Waals surface area contributed by atoms with E-state index in [9.17, 15) is 4.79 Å². The Labute approximate surface area is 112 Å². The summed E-state index contributed by atoms with van der Waals surface area (Å²) in [5, 5.41) is 3.41. The van der Waals surface area contributed by atoms with E-state index in [0.29, 0.717) is 25.8 Å². The molecule has 0 atom stereocenters. The summed E-state index contributed by atoms with van der Waals surface area (Å²) < 4.78 is 4.62. The van der Waals surface area contributed by atoms with Crippen LogP contribution in [0.2, 0.25) is 0 Å². The number of nitrogens with zero attached hydrogens (tertiary/aromatic N) is 3. The van der Waals surface area contributed by atoms with Crippen LogP contribution < -0.4 is 0 Å². The number of esters is 1. The molecule has 0 unspecified atom stereocenters. The molecule has 1 aromatic rings. The maximum absolute atomic E-state index is 11.1. The van der Waals surface area contributed by atoms with Gasteiger partial charge in [-0.15, -0.1) is 0 Å². The first-order valence-corrected chi connectivity index (χ1v) is 5.92. The lowest BCUT2D eigenvalue weighted by Gasteiger charge is -2.03. The van der Waals surface area contributed by atoms with Gasteiger partial charge in [-0.3, -0.25) is 4.79 Å². The first kappa shape index (κ1) is 14.6. The van der Waals surface area contributed by atoms with Crippen molar-refractivity contribution in [3.05, 3.63) is 45.8 Å². The van der Waals surface area contributed by atoms with Crippen LogP contribution in [0.25, 0.3) is 10.4 Å². The molecule has 0 fully saturated rings. The number of methoxy groups -OCH3 is 1. The summed E-state index contributed by atoms with van der Waals surface area (Å²) in [6.07, 6.45) is 1.47. The van der Waals surface area contributed by atoms with E-state index in [0.717, 1.165) is 11.1 Å². The SMILES string of the molecule is COC(=O)CCc1ccccc1C#CCCN=[N+]=[N-]. The Morgan fingerprint density at radius 2 is 2.26 bits per heavy atom. The van der Waals surface area contributed by atoms with Crippen molar-refractivity contribution in [3.8, 4) is 11.8 Å². The zero-order valence-electron chi connectivity index (χ0n) is 10.8. The molecule has 1 rings (SSSR count). The summed E-state index contributed by atoms with van der Waals surface area (Å²) in [5.74, 6) is 5.75. The normalized spacial score (nSPS) is 8.89. The number of carbonyl (C=O) groups excluding carboxylic acids is 1. The minimum atomic E-state index is -0.230. The lowest BCUT2D eigenvalue weighted by molar-refractivity contribution is -0.140. The molecule has 0 saturated carbocycles. The van der Waals surface area contributed by atoms with Gasteiger partial charge < -0.3 is 4.74 Å². The highest BCUT2D eigenvalue weighted by Gasteiger charge is 2.04. The van der Waals surface area contributed by atoms with Gasteiger partial charge in [0, 0.05) is 29.9 Å². The largest absolute Gasteiger partial charge is 0.469 e. The van der Waals surface area contributed by atoms with Gasteiger partial charge in [0.05, 0.1) is 7.11 Å². The number of benzene rings is 1. The summed E-state index contributed by atoms with van der Waals surface area (Å²) in [4.78, 5) is 13.8. The van der Waals surface area contributed by atoms with Crippen molar-refractivity contribution < 1.29 is 9.53 Å². The first-order valence-electron chi connectivity index (χ1n) is 5.92. The van der Waals surface area contributed by atoms with Gasteiger partial charge in [-0.25, -0.2) is 0 Å². The number of aryl methyl sites for hydroxylation is 1. The number of hydrogen-bond acceptors (Lipinski definition) is 3. The van der Waals surface area contributed by atoms with Crippen LogP contribution >= 0.6 is 0 Å². The second-order valence-corrected chi connectivity index (χ2v) is 3.74. The van der Waals surface area contributed by atoms with E-state index in [-0.39, 0.29) is 5.97 Å². The van der Waals surface area contributed by atoms with Crippen molar-refractivity contribution in [3.63, 3.8) is 0 Å². The molecule has 19 heavy (non-hydrogen) atoms. The highest BCUT2D eigenvalue weighted by atomic mass is 16.5. The number of hydrogen-bond donors (Lipinski definition) is 0. The molecule has 98 valence electrons. The van der Waals surface area contributed by atoms with E-state index in [2.05, 4.69) is 26.6 Å². The highest BCUT2D eigenvalue weighted by Crippen LogP contribution is 2.10. The molecule has 0 aliphatic rings. The topological polar surface area (TPSA) is 75.1 Å². The van der Waals surface area contributed by atoms with E-state index in [4.69, 9.17) is 5.53 Å².